The Kier molecular flexibility index (Phi) is 4.47. The summed E-state index contributed by atoms with van der Waals surface area (Å²) in [5.74, 6) is 0.153. The number of carbonyl (C=O) groups excluding carboxylic acids is 1. The fourth-order valence-electron chi connectivity index (χ4n) is 1.02. The van der Waals surface area contributed by atoms with Crippen molar-refractivity contribution in [2.75, 3.05) is 19.9 Å². The normalized spacial score (nSPS) is 10.9. The maximum absolute atomic E-state index is 11.3. The minimum Gasteiger partial charge on any atom is -0.497 e. The highest BCUT2D eigenvalue weighted by Crippen LogP contribution is 2.18. The molecule has 6 nitrogen and oxygen atoms in total. The van der Waals surface area contributed by atoms with E-state index in [-0.39, 0.29) is 0 Å². The van der Waals surface area contributed by atoms with Crippen molar-refractivity contribution < 1.29 is 22.7 Å². The number of nitrogens with one attached hydrogen (secondary N) is 1. The van der Waals surface area contributed by atoms with Gasteiger partial charge in [-0.15, -0.1) is 0 Å². The topological polar surface area (TPSA) is 81.7 Å². The lowest BCUT2D eigenvalue weighted by atomic mass is 10.3. The van der Waals surface area contributed by atoms with E-state index in [2.05, 4.69) is 0 Å². The molecule has 1 aromatic rings. The molecule has 0 aliphatic carbocycles. The van der Waals surface area contributed by atoms with E-state index in [1.165, 1.54) is 13.2 Å². The molecule has 0 unspecified atom stereocenters. The first-order chi connectivity index (χ1) is 7.90. The number of benzene rings is 1. The van der Waals surface area contributed by atoms with Crippen LogP contribution in [0.5, 0.6) is 11.5 Å². The van der Waals surface area contributed by atoms with Gasteiger partial charge in [0.2, 0.25) is 10.0 Å². The lowest BCUT2D eigenvalue weighted by molar-refractivity contribution is -0.133. The first kappa shape index (κ1) is 13.5. The number of sulfonamides is 1. The molecule has 0 amide bonds. The van der Waals surface area contributed by atoms with E-state index >= 15 is 0 Å². The molecule has 0 heterocycles. The van der Waals surface area contributed by atoms with Gasteiger partial charge in [-0.3, -0.25) is 4.79 Å². The standard InChI is InChI=1S/C10H13NO5S/c1-15-8-4-3-5-9(6-8)16-10(12)7-11-17(2,13)14/h3-6,11H,7H2,1-2H3. The third kappa shape index (κ3) is 5.32. The molecular formula is C10H13NO5S. The zero-order chi connectivity index (χ0) is 12.9. The van der Waals surface area contributed by atoms with Gasteiger partial charge in [-0.1, -0.05) is 6.07 Å². The Bertz CT molecular complexity index is 497. The van der Waals surface area contributed by atoms with E-state index in [9.17, 15) is 13.2 Å². The highest BCUT2D eigenvalue weighted by molar-refractivity contribution is 7.88. The first-order valence-corrected chi connectivity index (χ1v) is 6.59. The Morgan fingerprint density at radius 1 is 1.35 bits per heavy atom. The van der Waals surface area contributed by atoms with Crippen molar-refractivity contribution in [1.82, 2.24) is 4.72 Å². The highest BCUT2D eigenvalue weighted by Gasteiger charge is 2.08. The van der Waals surface area contributed by atoms with Crippen molar-refractivity contribution in [3.05, 3.63) is 24.3 Å². The van der Waals surface area contributed by atoms with Crippen molar-refractivity contribution in [2.45, 2.75) is 0 Å². The fraction of sp³-hybridized carbons (Fsp3) is 0.300. The van der Waals surface area contributed by atoms with E-state index in [1.54, 1.807) is 18.2 Å². The third-order valence-electron chi connectivity index (χ3n) is 1.75. The molecule has 0 atom stereocenters. The van der Waals surface area contributed by atoms with Crippen molar-refractivity contribution in [3.8, 4) is 11.5 Å². The van der Waals surface area contributed by atoms with Crippen molar-refractivity contribution in [3.63, 3.8) is 0 Å². The summed E-state index contributed by atoms with van der Waals surface area (Å²) in [6, 6.07) is 6.46. The Morgan fingerprint density at radius 3 is 2.59 bits per heavy atom. The SMILES string of the molecule is COc1cccc(OC(=O)CNS(C)(=O)=O)c1. The van der Waals surface area contributed by atoms with Gasteiger partial charge in [-0.25, -0.2) is 13.1 Å². The summed E-state index contributed by atoms with van der Waals surface area (Å²) in [5, 5.41) is 0. The van der Waals surface area contributed by atoms with Crippen molar-refractivity contribution >= 4 is 16.0 Å². The number of carbonyl (C=O) groups is 1. The highest BCUT2D eigenvalue weighted by atomic mass is 32.2. The van der Waals surface area contributed by atoms with Crippen LogP contribution in [-0.4, -0.2) is 34.3 Å². The summed E-state index contributed by atoms with van der Waals surface area (Å²) >= 11 is 0. The Labute approximate surface area is 99.6 Å². The van der Waals surface area contributed by atoms with E-state index in [4.69, 9.17) is 9.47 Å². The smallest absolute Gasteiger partial charge is 0.326 e. The Morgan fingerprint density at radius 2 is 2.00 bits per heavy atom. The van der Waals surface area contributed by atoms with E-state index in [0.29, 0.717) is 11.5 Å². The molecule has 0 aliphatic rings. The van der Waals surface area contributed by atoms with Crippen LogP contribution in [0, 0.1) is 0 Å². The van der Waals surface area contributed by atoms with Crippen LogP contribution in [0.2, 0.25) is 0 Å². The molecule has 0 bridgehead atoms. The zero-order valence-corrected chi connectivity index (χ0v) is 10.3. The first-order valence-electron chi connectivity index (χ1n) is 4.70. The zero-order valence-electron chi connectivity index (χ0n) is 9.47. The molecule has 7 heteroatoms. The van der Waals surface area contributed by atoms with E-state index < -0.39 is 22.5 Å². The largest absolute Gasteiger partial charge is 0.497 e. The predicted molar refractivity (Wildman–Crippen MR) is 61.5 cm³/mol. The van der Waals surface area contributed by atoms with E-state index in [0.717, 1.165) is 6.26 Å². The minimum atomic E-state index is -3.40. The number of hydrogen-bond acceptors (Lipinski definition) is 5. The number of rotatable bonds is 5. The molecule has 1 aromatic carbocycles. The van der Waals surface area contributed by atoms with E-state index in [1.807, 2.05) is 4.72 Å². The second kappa shape index (κ2) is 5.65. The molecule has 0 fully saturated rings. The van der Waals surface area contributed by atoms with Gasteiger partial charge in [0.25, 0.3) is 0 Å². The number of methoxy groups -OCH3 is 1. The van der Waals surface area contributed by atoms with Gasteiger partial charge in [0.1, 0.15) is 18.0 Å². The molecule has 1 N–H and O–H groups in total. The molecule has 0 spiro atoms. The molecule has 1 rings (SSSR count). The van der Waals surface area contributed by atoms with Crippen LogP contribution in [-0.2, 0) is 14.8 Å². The number of esters is 1. The van der Waals surface area contributed by atoms with Gasteiger partial charge in [0.15, 0.2) is 0 Å². The summed E-state index contributed by atoms with van der Waals surface area (Å²) in [5.41, 5.74) is 0. The van der Waals surface area contributed by atoms with Gasteiger partial charge in [-0.2, -0.15) is 0 Å². The second-order valence-corrected chi connectivity index (χ2v) is 5.08. The van der Waals surface area contributed by atoms with Gasteiger partial charge in [0.05, 0.1) is 13.4 Å². The van der Waals surface area contributed by atoms with Crippen LogP contribution in [0.25, 0.3) is 0 Å². The quantitative estimate of drug-likeness (QED) is 0.601. The van der Waals surface area contributed by atoms with Gasteiger partial charge in [-0.05, 0) is 12.1 Å². The van der Waals surface area contributed by atoms with Crippen LogP contribution in [0.4, 0.5) is 0 Å². The average Bonchev–Trinajstić information content (AvgIpc) is 2.26. The predicted octanol–water partition coefficient (Wildman–Crippen LogP) is 0.150. The molecule has 17 heavy (non-hydrogen) atoms. The molecule has 0 aromatic heterocycles. The summed E-state index contributed by atoms with van der Waals surface area (Å²) < 4.78 is 33.4. The molecule has 0 radical (unpaired) electrons. The maximum atomic E-state index is 11.3. The van der Waals surface area contributed by atoms with Gasteiger partial charge >= 0.3 is 5.97 Å². The summed E-state index contributed by atoms with van der Waals surface area (Å²) in [7, 11) is -1.91. The summed E-state index contributed by atoms with van der Waals surface area (Å²) in [6.07, 6.45) is 0.964. The summed E-state index contributed by atoms with van der Waals surface area (Å²) in [6.45, 7) is -0.407. The fourth-order valence-corrected chi connectivity index (χ4v) is 1.40. The van der Waals surface area contributed by atoms with Crippen LogP contribution in [0.3, 0.4) is 0 Å². The molecule has 0 saturated heterocycles. The third-order valence-corrected chi connectivity index (χ3v) is 2.42. The van der Waals surface area contributed by atoms with Gasteiger partial charge in [0, 0.05) is 6.07 Å². The average molecular weight is 259 g/mol. The van der Waals surface area contributed by atoms with Crippen LogP contribution in [0.1, 0.15) is 0 Å². The van der Waals surface area contributed by atoms with Crippen LogP contribution in [0.15, 0.2) is 24.3 Å². The van der Waals surface area contributed by atoms with Crippen LogP contribution < -0.4 is 14.2 Å². The number of hydrogen-bond donors (Lipinski definition) is 1. The van der Waals surface area contributed by atoms with Crippen molar-refractivity contribution in [2.24, 2.45) is 0 Å². The molecule has 0 saturated carbocycles. The minimum absolute atomic E-state index is 0.296. The lowest BCUT2D eigenvalue weighted by Gasteiger charge is -2.06. The second-order valence-electron chi connectivity index (χ2n) is 3.25. The van der Waals surface area contributed by atoms with Crippen molar-refractivity contribution in [1.29, 1.82) is 0 Å². The molecule has 94 valence electrons. The molecule has 0 aliphatic heterocycles. The maximum Gasteiger partial charge on any atom is 0.326 e. The summed E-state index contributed by atoms with van der Waals surface area (Å²) in [4.78, 5) is 11.3. The van der Waals surface area contributed by atoms with Crippen LogP contribution >= 0.6 is 0 Å². The Balaban J connectivity index is 2.56. The Hall–Kier alpha value is -1.60. The monoisotopic (exact) mass is 259 g/mol. The van der Waals surface area contributed by atoms with Gasteiger partial charge < -0.3 is 9.47 Å². The lowest BCUT2D eigenvalue weighted by Crippen LogP contribution is -2.30. The number of ether oxygens (including phenoxy) is 2. The molecular weight excluding hydrogens is 246 g/mol.